The van der Waals surface area contributed by atoms with Crippen molar-refractivity contribution in [1.29, 1.82) is 0 Å². The van der Waals surface area contributed by atoms with E-state index in [0.29, 0.717) is 11.5 Å². The van der Waals surface area contributed by atoms with Gasteiger partial charge < -0.3 is 0 Å². The second-order valence-corrected chi connectivity index (χ2v) is 5.14. The van der Waals surface area contributed by atoms with E-state index in [1.54, 1.807) is 24.7 Å². The van der Waals surface area contributed by atoms with E-state index in [-0.39, 0.29) is 5.91 Å². The fourth-order valence-corrected chi connectivity index (χ4v) is 2.54. The molecule has 0 aliphatic rings. The van der Waals surface area contributed by atoms with Crippen LogP contribution in [0.1, 0.15) is 10.5 Å². The molecular weight excluding hydrogens is 304 g/mol. The summed E-state index contributed by atoms with van der Waals surface area (Å²) in [5, 5.41) is 2.78. The van der Waals surface area contributed by atoms with Gasteiger partial charge in [0.2, 0.25) is 5.69 Å². The molecule has 0 radical (unpaired) electrons. The topological polar surface area (TPSA) is 88.9 Å². The maximum Gasteiger partial charge on any atom is 0.302 e. The Morgan fingerprint density at radius 2 is 2.17 bits per heavy atom. The molecule has 0 saturated carbocycles. The Labute approximate surface area is 137 Å². The van der Waals surface area contributed by atoms with Gasteiger partial charge in [0.05, 0.1) is 18.0 Å². The number of aromatic amines is 2. The maximum absolute atomic E-state index is 12.7. The zero-order chi connectivity index (χ0) is 16.4. The highest BCUT2D eigenvalue weighted by Gasteiger charge is 2.25. The summed E-state index contributed by atoms with van der Waals surface area (Å²) in [4.78, 5) is 26.9. The molecule has 0 aliphatic carbocycles. The molecule has 0 spiro atoms. The van der Waals surface area contributed by atoms with E-state index in [1.807, 2.05) is 40.9 Å². The number of carbonyl (C=O) groups is 1. The largest absolute Gasteiger partial charge is 0.302 e. The number of nitrogens with zero attached hydrogens (tertiary/aromatic N) is 3. The number of aromatic nitrogens is 5. The van der Waals surface area contributed by atoms with Crippen LogP contribution in [0.2, 0.25) is 0 Å². The Bertz CT molecular complexity index is 997. The first-order chi connectivity index (χ1) is 11.8. The molecular formula is C17H14N6O+2. The minimum absolute atomic E-state index is 0.257. The van der Waals surface area contributed by atoms with Crippen LogP contribution < -0.4 is 14.7 Å². The first-order valence-corrected chi connectivity index (χ1v) is 7.39. The highest BCUT2D eigenvalue weighted by atomic mass is 16.2. The standard InChI is InChI=1S/C17H12N6O/c24-17(21-14-6-8-19-11-20-14)15-13-5-1-2-9-23(13)16(22-15)12-4-3-7-18-10-12/h1-11H,(H,19,20,21,24)/p+2. The molecule has 4 rings (SSSR count). The Hall–Kier alpha value is -3.61. The molecule has 4 aromatic heterocycles. The summed E-state index contributed by atoms with van der Waals surface area (Å²) in [7, 11) is 0. The van der Waals surface area contributed by atoms with Crippen LogP contribution in [0.3, 0.4) is 0 Å². The Kier molecular flexibility index (Phi) is 3.43. The fraction of sp³-hybridized carbons (Fsp3) is 0. The number of anilines is 1. The minimum atomic E-state index is -0.257. The van der Waals surface area contributed by atoms with Crippen molar-refractivity contribution < 1.29 is 14.2 Å². The number of nitrogens with one attached hydrogen (secondary N) is 3. The number of hydrogen-bond donors (Lipinski definition) is 2. The summed E-state index contributed by atoms with van der Waals surface area (Å²) in [5.41, 5.74) is 2.13. The van der Waals surface area contributed by atoms with E-state index < -0.39 is 0 Å². The number of pyridine rings is 2. The average molecular weight is 318 g/mol. The normalized spacial score (nSPS) is 10.7. The molecule has 24 heavy (non-hydrogen) atoms. The van der Waals surface area contributed by atoms with Gasteiger partial charge in [-0.1, -0.05) is 6.07 Å². The van der Waals surface area contributed by atoms with Crippen molar-refractivity contribution in [3.05, 3.63) is 73.2 Å². The van der Waals surface area contributed by atoms with Crippen LogP contribution in [0.25, 0.3) is 16.9 Å². The van der Waals surface area contributed by atoms with Gasteiger partial charge in [-0.15, -0.1) is 0 Å². The summed E-state index contributed by atoms with van der Waals surface area (Å²) in [5.74, 6) is 1.01. The molecule has 116 valence electrons. The second-order valence-electron chi connectivity index (χ2n) is 5.14. The lowest BCUT2D eigenvalue weighted by atomic mass is 10.3. The first kappa shape index (κ1) is 14.0. The number of imidazole rings is 1. The molecule has 1 amide bonds. The van der Waals surface area contributed by atoms with E-state index in [9.17, 15) is 4.79 Å². The molecule has 0 aromatic carbocycles. The van der Waals surface area contributed by atoms with Crippen molar-refractivity contribution >= 4 is 17.2 Å². The molecule has 0 bridgehead atoms. The molecule has 0 saturated heterocycles. The molecule has 7 heteroatoms. The van der Waals surface area contributed by atoms with Crippen LogP contribution >= 0.6 is 0 Å². The van der Waals surface area contributed by atoms with Crippen LogP contribution in [0.15, 0.2) is 67.5 Å². The Morgan fingerprint density at radius 3 is 2.96 bits per heavy atom. The molecule has 0 fully saturated rings. The number of carbonyl (C=O) groups excluding carboxylic acids is 1. The Balaban J connectivity index is 1.80. The van der Waals surface area contributed by atoms with E-state index in [1.165, 1.54) is 6.33 Å². The number of fused-ring (bicyclic) bond motifs is 1. The molecule has 3 N–H and O–H groups in total. The molecule has 4 aromatic rings. The van der Waals surface area contributed by atoms with Gasteiger partial charge in [0.1, 0.15) is 0 Å². The van der Waals surface area contributed by atoms with Crippen molar-refractivity contribution in [2.45, 2.75) is 0 Å². The lowest BCUT2D eigenvalue weighted by Gasteiger charge is -1.95. The summed E-state index contributed by atoms with van der Waals surface area (Å²) < 4.78 is 1.93. The third-order valence-electron chi connectivity index (χ3n) is 3.62. The lowest BCUT2D eigenvalue weighted by Crippen LogP contribution is -2.22. The molecule has 7 nitrogen and oxygen atoms in total. The highest BCUT2D eigenvalue weighted by molar-refractivity contribution is 6.06. The molecule has 0 unspecified atom stereocenters. The predicted molar refractivity (Wildman–Crippen MR) is 85.9 cm³/mol. The minimum Gasteiger partial charge on any atom is -0.282 e. The SMILES string of the molecule is O=C(Nc1cc[nH+]cn1)c1[nH]c(-c2cccnc2)[n+]2ccccc12. The lowest BCUT2D eigenvalue weighted by molar-refractivity contribution is -0.498. The third-order valence-corrected chi connectivity index (χ3v) is 3.62. The van der Waals surface area contributed by atoms with E-state index >= 15 is 0 Å². The van der Waals surface area contributed by atoms with Gasteiger partial charge in [-0.3, -0.25) is 20.1 Å². The fourth-order valence-electron chi connectivity index (χ4n) is 2.54. The second kappa shape index (κ2) is 5.88. The number of amides is 1. The van der Waals surface area contributed by atoms with E-state index in [0.717, 1.165) is 16.9 Å². The van der Waals surface area contributed by atoms with Crippen molar-refractivity contribution in [1.82, 2.24) is 15.0 Å². The van der Waals surface area contributed by atoms with Crippen molar-refractivity contribution in [3.63, 3.8) is 0 Å². The number of hydrogen-bond acceptors (Lipinski definition) is 3. The van der Waals surface area contributed by atoms with Crippen LogP contribution in [0.4, 0.5) is 5.82 Å². The predicted octanol–water partition coefficient (Wildman–Crippen LogP) is 1.28. The van der Waals surface area contributed by atoms with Crippen LogP contribution in [0, 0.1) is 0 Å². The monoisotopic (exact) mass is 318 g/mol. The summed E-state index contributed by atoms with van der Waals surface area (Å²) >= 11 is 0. The number of H-pyrrole nitrogens is 2. The zero-order valence-corrected chi connectivity index (χ0v) is 12.6. The highest BCUT2D eigenvalue weighted by Crippen LogP contribution is 2.17. The van der Waals surface area contributed by atoms with Crippen LogP contribution in [-0.2, 0) is 0 Å². The first-order valence-electron chi connectivity index (χ1n) is 7.39. The van der Waals surface area contributed by atoms with E-state index in [2.05, 4.69) is 25.3 Å². The summed E-state index contributed by atoms with van der Waals surface area (Å²) in [6.07, 6.45) is 8.58. The van der Waals surface area contributed by atoms with Gasteiger partial charge in [-0.05, 0) is 29.2 Å². The average Bonchev–Trinajstić information content (AvgIpc) is 3.03. The molecule has 0 aliphatic heterocycles. The molecule has 0 atom stereocenters. The third kappa shape index (κ3) is 2.48. The van der Waals surface area contributed by atoms with E-state index in [4.69, 9.17) is 0 Å². The zero-order valence-electron chi connectivity index (χ0n) is 12.6. The summed E-state index contributed by atoms with van der Waals surface area (Å²) in [6.45, 7) is 0. The quantitative estimate of drug-likeness (QED) is 0.558. The summed E-state index contributed by atoms with van der Waals surface area (Å²) in [6, 6.07) is 11.2. The van der Waals surface area contributed by atoms with Crippen LogP contribution in [-0.4, -0.2) is 20.9 Å². The molecule has 4 heterocycles. The Morgan fingerprint density at radius 1 is 1.21 bits per heavy atom. The van der Waals surface area contributed by atoms with Crippen molar-refractivity contribution in [2.24, 2.45) is 0 Å². The van der Waals surface area contributed by atoms with Crippen molar-refractivity contribution in [3.8, 4) is 11.4 Å². The van der Waals surface area contributed by atoms with Crippen molar-refractivity contribution in [2.75, 3.05) is 5.32 Å². The number of rotatable bonds is 3. The smallest absolute Gasteiger partial charge is 0.282 e. The maximum atomic E-state index is 12.7. The van der Waals surface area contributed by atoms with Gasteiger partial charge in [0, 0.05) is 18.5 Å². The van der Waals surface area contributed by atoms with Gasteiger partial charge in [0.15, 0.2) is 5.52 Å². The van der Waals surface area contributed by atoms with Crippen LogP contribution in [0.5, 0.6) is 0 Å². The van der Waals surface area contributed by atoms with Gasteiger partial charge in [-0.2, -0.15) is 4.40 Å². The van der Waals surface area contributed by atoms with Gasteiger partial charge >= 0.3 is 5.91 Å². The van der Waals surface area contributed by atoms with Gasteiger partial charge in [0.25, 0.3) is 18.0 Å². The van der Waals surface area contributed by atoms with Gasteiger partial charge in [-0.25, -0.2) is 4.98 Å².